The van der Waals surface area contributed by atoms with E-state index in [0.29, 0.717) is 0 Å². The van der Waals surface area contributed by atoms with Crippen LogP contribution in [-0.2, 0) is 22.3 Å². The van der Waals surface area contributed by atoms with Crippen LogP contribution in [0.15, 0.2) is 24.3 Å². The van der Waals surface area contributed by atoms with Gasteiger partial charge in [-0.25, -0.2) is 0 Å². The third-order valence-corrected chi connectivity index (χ3v) is 3.86. The molecule has 1 aromatic rings. The Hall–Kier alpha value is -1.00. The Morgan fingerprint density at radius 2 is 1.57 bits per heavy atom. The van der Waals surface area contributed by atoms with Crippen molar-refractivity contribution >= 4 is 0 Å². The minimum absolute atomic E-state index is 0.0940. The van der Waals surface area contributed by atoms with E-state index < -0.39 is 6.29 Å². The van der Waals surface area contributed by atoms with Crippen molar-refractivity contribution < 1.29 is 18.3 Å². The molecule has 1 aromatic carbocycles. The summed E-state index contributed by atoms with van der Waals surface area (Å²) in [7, 11) is 0. The first-order valence-electron chi connectivity index (χ1n) is 7.82. The van der Waals surface area contributed by atoms with Gasteiger partial charge in [0, 0.05) is 5.92 Å². The molecule has 0 spiro atoms. The fourth-order valence-electron chi connectivity index (χ4n) is 2.61. The molecular weight excluding hydrogens is 274 g/mol. The quantitative estimate of drug-likeness (QED) is 0.687. The summed E-state index contributed by atoms with van der Waals surface area (Å²) < 4.78 is 34.0. The lowest BCUT2D eigenvalue weighted by Crippen LogP contribution is -2.37. The van der Waals surface area contributed by atoms with E-state index >= 15 is 0 Å². The second-order valence-electron chi connectivity index (χ2n) is 5.76. The molecule has 1 saturated heterocycles. The minimum Gasteiger partial charge on any atom is -0.295 e. The van der Waals surface area contributed by atoms with Crippen molar-refractivity contribution in [2.45, 2.75) is 51.7 Å². The molecule has 1 fully saturated rings. The van der Waals surface area contributed by atoms with Gasteiger partial charge in [0.15, 0.2) is 0 Å². The van der Waals surface area contributed by atoms with E-state index in [4.69, 9.17) is 0 Å². The summed E-state index contributed by atoms with van der Waals surface area (Å²) in [6.45, 7) is 2.37. The number of halogens is 2. The smallest absolute Gasteiger partial charge is 0.295 e. The summed E-state index contributed by atoms with van der Waals surface area (Å²) in [5, 5.41) is 0. The van der Waals surface area contributed by atoms with E-state index in [1.807, 2.05) is 0 Å². The van der Waals surface area contributed by atoms with Gasteiger partial charge in [-0.1, -0.05) is 44.0 Å². The van der Waals surface area contributed by atoms with Gasteiger partial charge in [-0.2, -0.15) is 0 Å². The number of alkyl halides is 2. The summed E-state index contributed by atoms with van der Waals surface area (Å²) in [6.07, 6.45) is 2.92. The molecule has 0 atom stereocenters. The zero-order valence-electron chi connectivity index (χ0n) is 12.6. The Kier molecular flexibility index (Phi) is 6.12. The van der Waals surface area contributed by atoms with E-state index in [2.05, 4.69) is 40.7 Å². The summed E-state index contributed by atoms with van der Waals surface area (Å²) in [4.78, 5) is 0. The van der Waals surface area contributed by atoms with Gasteiger partial charge in [0.2, 0.25) is 0 Å². The van der Waals surface area contributed by atoms with Crippen LogP contribution in [0.25, 0.3) is 0 Å². The van der Waals surface area contributed by atoms with Crippen LogP contribution in [0.4, 0.5) is 8.78 Å². The van der Waals surface area contributed by atoms with Crippen molar-refractivity contribution in [2.75, 3.05) is 13.2 Å². The Labute approximate surface area is 125 Å². The Morgan fingerprint density at radius 1 is 1.00 bits per heavy atom. The van der Waals surface area contributed by atoms with Gasteiger partial charge < -0.3 is 0 Å². The first kappa shape index (κ1) is 16.4. The number of ether oxygens (including phenoxy) is 2. The van der Waals surface area contributed by atoms with Gasteiger partial charge in [0.05, 0.1) is 13.2 Å². The minimum atomic E-state index is -3.38. The molecular formula is C17H24F2O2. The number of benzene rings is 1. The lowest BCUT2D eigenvalue weighted by atomic mass is 9.99. The summed E-state index contributed by atoms with van der Waals surface area (Å²) in [6, 6.07) is 8.78. The van der Waals surface area contributed by atoms with Crippen molar-refractivity contribution in [1.29, 1.82) is 0 Å². The van der Waals surface area contributed by atoms with E-state index in [0.717, 1.165) is 32.1 Å². The average Bonchev–Trinajstić information content (AvgIpc) is 2.47. The molecule has 1 aliphatic rings. The second kappa shape index (κ2) is 7.85. The van der Waals surface area contributed by atoms with Gasteiger partial charge in [-0.15, -0.1) is 8.78 Å². The summed E-state index contributed by atoms with van der Waals surface area (Å²) >= 11 is 0. The predicted octanol–water partition coefficient (Wildman–Crippen LogP) is 4.57. The molecule has 0 aliphatic carbocycles. The van der Waals surface area contributed by atoms with E-state index in [-0.39, 0.29) is 19.1 Å². The monoisotopic (exact) mass is 298 g/mol. The largest absolute Gasteiger partial charge is 0.485 e. The number of rotatable bonds is 7. The van der Waals surface area contributed by atoms with E-state index in [1.165, 1.54) is 17.5 Å². The van der Waals surface area contributed by atoms with Crippen LogP contribution < -0.4 is 0 Å². The van der Waals surface area contributed by atoms with Crippen LogP contribution in [0.5, 0.6) is 0 Å². The lowest BCUT2D eigenvalue weighted by Gasteiger charge is -2.28. The van der Waals surface area contributed by atoms with Crippen molar-refractivity contribution in [3.8, 4) is 0 Å². The highest BCUT2D eigenvalue weighted by molar-refractivity contribution is 5.22. The number of hydrogen-bond donors (Lipinski definition) is 0. The van der Waals surface area contributed by atoms with Crippen molar-refractivity contribution in [3.05, 3.63) is 35.4 Å². The highest BCUT2D eigenvalue weighted by atomic mass is 19.3. The maximum atomic E-state index is 12.6. The molecule has 0 radical (unpaired) electrons. The molecule has 21 heavy (non-hydrogen) atoms. The predicted molar refractivity (Wildman–Crippen MR) is 78.3 cm³/mol. The van der Waals surface area contributed by atoms with Gasteiger partial charge in [-0.05, 0) is 36.8 Å². The zero-order valence-corrected chi connectivity index (χ0v) is 12.6. The van der Waals surface area contributed by atoms with Gasteiger partial charge in [-0.3, -0.25) is 9.47 Å². The van der Waals surface area contributed by atoms with Crippen LogP contribution in [-0.4, -0.2) is 19.5 Å². The SMILES string of the molecule is CCCc1ccc(CCCCC2COC(F)(F)OC2)cc1. The van der Waals surface area contributed by atoms with Crippen molar-refractivity contribution in [2.24, 2.45) is 5.92 Å². The van der Waals surface area contributed by atoms with Gasteiger partial charge in [0.1, 0.15) is 0 Å². The third kappa shape index (κ3) is 5.71. The molecule has 0 unspecified atom stereocenters. The first-order valence-corrected chi connectivity index (χ1v) is 7.82. The van der Waals surface area contributed by atoms with Crippen LogP contribution in [0.1, 0.15) is 43.7 Å². The molecule has 118 valence electrons. The molecule has 4 heteroatoms. The average molecular weight is 298 g/mol. The zero-order chi connectivity index (χ0) is 15.1. The standard InChI is InChI=1S/C17H24F2O2/c1-2-5-14-8-10-15(11-9-14)6-3-4-7-16-12-20-17(18,19)21-13-16/h8-11,16H,2-7,12-13H2,1H3. The van der Waals surface area contributed by atoms with Crippen LogP contribution in [0.3, 0.4) is 0 Å². The Balaban J connectivity index is 1.61. The lowest BCUT2D eigenvalue weighted by molar-refractivity contribution is -0.420. The summed E-state index contributed by atoms with van der Waals surface area (Å²) in [5.41, 5.74) is 2.73. The Morgan fingerprint density at radius 3 is 2.14 bits per heavy atom. The molecule has 0 aromatic heterocycles. The van der Waals surface area contributed by atoms with E-state index in [1.54, 1.807) is 0 Å². The number of aryl methyl sites for hydroxylation is 2. The van der Waals surface area contributed by atoms with Gasteiger partial charge in [0.25, 0.3) is 0 Å². The second-order valence-corrected chi connectivity index (χ2v) is 5.76. The molecule has 0 N–H and O–H groups in total. The fourth-order valence-corrected chi connectivity index (χ4v) is 2.61. The third-order valence-electron chi connectivity index (χ3n) is 3.86. The molecule has 0 amide bonds. The van der Waals surface area contributed by atoms with Crippen LogP contribution >= 0.6 is 0 Å². The highest BCUT2D eigenvalue weighted by Crippen LogP contribution is 2.26. The maximum Gasteiger partial charge on any atom is 0.485 e. The normalized spacial score (nSPS) is 18.8. The fraction of sp³-hybridized carbons (Fsp3) is 0.647. The molecule has 0 saturated carbocycles. The van der Waals surface area contributed by atoms with Crippen molar-refractivity contribution in [1.82, 2.24) is 0 Å². The van der Waals surface area contributed by atoms with Gasteiger partial charge >= 0.3 is 6.29 Å². The Bertz CT molecular complexity index is 407. The molecule has 2 rings (SSSR count). The number of hydrogen-bond acceptors (Lipinski definition) is 2. The van der Waals surface area contributed by atoms with Crippen molar-refractivity contribution in [3.63, 3.8) is 0 Å². The maximum absolute atomic E-state index is 12.6. The summed E-state index contributed by atoms with van der Waals surface area (Å²) in [5.74, 6) is 0.0940. The molecule has 1 heterocycles. The molecule has 2 nitrogen and oxygen atoms in total. The highest BCUT2D eigenvalue weighted by Gasteiger charge is 2.37. The molecule has 1 aliphatic heterocycles. The van der Waals surface area contributed by atoms with Crippen LogP contribution in [0.2, 0.25) is 0 Å². The first-order chi connectivity index (χ1) is 10.1. The number of unbranched alkanes of at least 4 members (excludes halogenated alkanes) is 1. The molecule has 0 bridgehead atoms. The van der Waals surface area contributed by atoms with Crippen LogP contribution in [0, 0.1) is 5.92 Å². The topological polar surface area (TPSA) is 18.5 Å². The van der Waals surface area contributed by atoms with E-state index in [9.17, 15) is 8.78 Å².